The van der Waals surface area contributed by atoms with Gasteiger partial charge in [-0.2, -0.15) is 0 Å². The molecule has 17 heavy (non-hydrogen) atoms. The number of hydrogen-bond acceptors (Lipinski definition) is 5. The molecule has 94 valence electrons. The molecule has 0 aromatic carbocycles. The highest BCUT2D eigenvalue weighted by atomic mass is 32.1. The lowest BCUT2D eigenvalue weighted by Crippen LogP contribution is -2.50. The monoisotopic (exact) mass is 252 g/mol. The van der Waals surface area contributed by atoms with Gasteiger partial charge in [-0.1, -0.05) is 0 Å². The van der Waals surface area contributed by atoms with Gasteiger partial charge in [0.05, 0.1) is 17.4 Å². The van der Waals surface area contributed by atoms with E-state index in [2.05, 4.69) is 38.2 Å². The summed E-state index contributed by atoms with van der Waals surface area (Å²) in [6.07, 6.45) is 0. The summed E-state index contributed by atoms with van der Waals surface area (Å²) in [5.41, 5.74) is 2.55. The van der Waals surface area contributed by atoms with Crippen molar-refractivity contribution in [1.82, 2.24) is 9.80 Å². The van der Waals surface area contributed by atoms with Crippen molar-refractivity contribution in [2.75, 3.05) is 56.9 Å². The lowest BCUT2D eigenvalue weighted by Gasteiger charge is -2.36. The molecule has 1 aromatic heterocycles. The highest BCUT2D eigenvalue weighted by Crippen LogP contribution is 2.29. The Labute approximate surface area is 107 Å². The maximum atomic E-state index is 3.63. The zero-order valence-electron chi connectivity index (χ0n) is 10.3. The van der Waals surface area contributed by atoms with Gasteiger partial charge in [0, 0.05) is 50.0 Å². The van der Waals surface area contributed by atoms with Crippen LogP contribution in [0.1, 0.15) is 0 Å². The first-order chi connectivity index (χ1) is 8.31. The van der Waals surface area contributed by atoms with E-state index in [0.29, 0.717) is 6.04 Å². The summed E-state index contributed by atoms with van der Waals surface area (Å²) in [5.74, 6) is 0. The van der Waals surface area contributed by atoms with Crippen molar-refractivity contribution in [3.8, 4) is 0 Å². The number of anilines is 2. The molecule has 0 aliphatic carbocycles. The first-order valence-corrected chi connectivity index (χ1v) is 7.23. The molecule has 0 radical (unpaired) electrons. The SMILES string of the molecule is CN1CCN(CC2CNc3cscc3N2)CC1. The van der Waals surface area contributed by atoms with Crippen molar-refractivity contribution in [2.45, 2.75) is 6.04 Å². The first kappa shape index (κ1) is 11.3. The fourth-order valence-corrected chi connectivity index (χ4v) is 3.25. The van der Waals surface area contributed by atoms with E-state index in [1.807, 2.05) is 0 Å². The van der Waals surface area contributed by atoms with Crippen molar-refractivity contribution in [1.29, 1.82) is 0 Å². The van der Waals surface area contributed by atoms with E-state index in [1.54, 1.807) is 11.3 Å². The van der Waals surface area contributed by atoms with Crippen LogP contribution in [0, 0.1) is 0 Å². The Balaban J connectivity index is 1.54. The summed E-state index contributed by atoms with van der Waals surface area (Å²) in [5, 5.41) is 11.5. The number of thiophene rings is 1. The van der Waals surface area contributed by atoms with Crippen molar-refractivity contribution in [3.05, 3.63) is 10.8 Å². The summed E-state index contributed by atoms with van der Waals surface area (Å²) in [7, 11) is 2.20. The normalized spacial score (nSPS) is 26.1. The van der Waals surface area contributed by atoms with E-state index in [9.17, 15) is 0 Å². The molecular formula is C12H20N4S. The van der Waals surface area contributed by atoms with E-state index in [-0.39, 0.29) is 0 Å². The Bertz CT molecular complexity index is 370. The summed E-state index contributed by atoms with van der Waals surface area (Å²) >= 11 is 1.76. The quantitative estimate of drug-likeness (QED) is 0.828. The number of nitrogens with one attached hydrogen (secondary N) is 2. The van der Waals surface area contributed by atoms with Crippen LogP contribution in [0.2, 0.25) is 0 Å². The van der Waals surface area contributed by atoms with Crippen molar-refractivity contribution < 1.29 is 0 Å². The number of hydrogen-bond donors (Lipinski definition) is 2. The Hall–Kier alpha value is -0.780. The van der Waals surface area contributed by atoms with Gasteiger partial charge >= 0.3 is 0 Å². The van der Waals surface area contributed by atoms with E-state index >= 15 is 0 Å². The molecule has 2 N–H and O–H groups in total. The van der Waals surface area contributed by atoms with Gasteiger partial charge in [0.25, 0.3) is 0 Å². The van der Waals surface area contributed by atoms with Crippen molar-refractivity contribution >= 4 is 22.7 Å². The van der Waals surface area contributed by atoms with Gasteiger partial charge in [-0.3, -0.25) is 4.90 Å². The van der Waals surface area contributed by atoms with Crippen molar-refractivity contribution in [3.63, 3.8) is 0 Å². The smallest absolute Gasteiger partial charge is 0.0688 e. The molecule has 1 aromatic rings. The molecule has 3 rings (SSSR count). The second kappa shape index (κ2) is 4.84. The predicted octanol–water partition coefficient (Wildman–Crippen LogP) is 1.20. The van der Waals surface area contributed by atoms with E-state index in [4.69, 9.17) is 0 Å². The highest BCUT2D eigenvalue weighted by Gasteiger charge is 2.22. The fourth-order valence-electron chi connectivity index (χ4n) is 2.50. The molecule has 0 amide bonds. The zero-order chi connectivity index (χ0) is 11.7. The third kappa shape index (κ3) is 2.56. The number of fused-ring (bicyclic) bond motifs is 1. The maximum absolute atomic E-state index is 3.63. The van der Waals surface area contributed by atoms with Gasteiger partial charge in [0.2, 0.25) is 0 Å². The molecule has 1 saturated heterocycles. The number of likely N-dealkylation sites (N-methyl/N-ethyl adjacent to an activating group) is 1. The molecule has 0 spiro atoms. The van der Waals surface area contributed by atoms with Gasteiger partial charge in [-0.05, 0) is 7.05 Å². The predicted molar refractivity (Wildman–Crippen MR) is 74.2 cm³/mol. The van der Waals surface area contributed by atoms with Crippen LogP contribution in [0.5, 0.6) is 0 Å². The van der Waals surface area contributed by atoms with Crippen LogP contribution in [-0.4, -0.2) is 62.2 Å². The average Bonchev–Trinajstić information content (AvgIpc) is 2.79. The third-order valence-corrected chi connectivity index (χ3v) is 4.38. The van der Waals surface area contributed by atoms with Crippen LogP contribution in [0.15, 0.2) is 10.8 Å². The van der Waals surface area contributed by atoms with Gasteiger partial charge in [-0.15, -0.1) is 11.3 Å². The Morgan fingerprint density at radius 3 is 2.82 bits per heavy atom. The van der Waals surface area contributed by atoms with Gasteiger partial charge < -0.3 is 15.5 Å². The minimum atomic E-state index is 0.542. The topological polar surface area (TPSA) is 30.5 Å². The largest absolute Gasteiger partial charge is 0.381 e. The molecule has 3 heterocycles. The molecule has 0 bridgehead atoms. The molecule has 1 atom stereocenters. The molecule has 4 nitrogen and oxygen atoms in total. The van der Waals surface area contributed by atoms with Crippen LogP contribution in [-0.2, 0) is 0 Å². The molecule has 1 unspecified atom stereocenters. The standard InChI is InChI=1S/C12H20N4S/c1-15-2-4-16(5-3-15)7-10-6-13-11-8-17-9-12(11)14-10/h8-10,13-14H,2-7H2,1H3. The molecule has 1 fully saturated rings. The van der Waals surface area contributed by atoms with E-state index in [0.717, 1.165) is 13.1 Å². The number of nitrogens with zero attached hydrogens (tertiary/aromatic N) is 2. The summed E-state index contributed by atoms with van der Waals surface area (Å²) in [6, 6.07) is 0.542. The average molecular weight is 252 g/mol. The summed E-state index contributed by atoms with van der Waals surface area (Å²) in [6.45, 7) is 6.98. The minimum absolute atomic E-state index is 0.542. The minimum Gasteiger partial charge on any atom is -0.381 e. The third-order valence-electron chi connectivity index (χ3n) is 3.63. The molecule has 2 aliphatic heterocycles. The number of rotatable bonds is 2. The fraction of sp³-hybridized carbons (Fsp3) is 0.667. The van der Waals surface area contributed by atoms with Crippen molar-refractivity contribution in [2.24, 2.45) is 0 Å². The van der Waals surface area contributed by atoms with Crippen LogP contribution in [0.25, 0.3) is 0 Å². The number of piperazine rings is 1. The van der Waals surface area contributed by atoms with E-state index in [1.165, 1.54) is 37.6 Å². The van der Waals surface area contributed by atoms with Gasteiger partial charge in [-0.25, -0.2) is 0 Å². The second-order valence-corrected chi connectivity index (χ2v) is 5.77. The summed E-state index contributed by atoms with van der Waals surface area (Å²) in [4.78, 5) is 4.97. The van der Waals surface area contributed by atoms with Crippen LogP contribution in [0.3, 0.4) is 0 Å². The highest BCUT2D eigenvalue weighted by molar-refractivity contribution is 7.09. The molecular weight excluding hydrogens is 232 g/mol. The van der Waals surface area contributed by atoms with Crippen LogP contribution in [0.4, 0.5) is 11.4 Å². The molecule has 5 heteroatoms. The maximum Gasteiger partial charge on any atom is 0.0688 e. The Kier molecular flexibility index (Phi) is 3.22. The molecule has 2 aliphatic rings. The summed E-state index contributed by atoms with van der Waals surface area (Å²) < 4.78 is 0. The lowest BCUT2D eigenvalue weighted by molar-refractivity contribution is 0.150. The molecule has 0 saturated carbocycles. The van der Waals surface area contributed by atoms with Crippen LogP contribution < -0.4 is 10.6 Å². The first-order valence-electron chi connectivity index (χ1n) is 6.29. The Morgan fingerprint density at radius 2 is 2.00 bits per heavy atom. The van der Waals surface area contributed by atoms with Gasteiger partial charge in [0.15, 0.2) is 0 Å². The zero-order valence-corrected chi connectivity index (χ0v) is 11.1. The second-order valence-electron chi connectivity index (χ2n) is 5.03. The van der Waals surface area contributed by atoms with Gasteiger partial charge in [0.1, 0.15) is 0 Å². The van der Waals surface area contributed by atoms with Crippen LogP contribution >= 0.6 is 11.3 Å². The lowest BCUT2D eigenvalue weighted by atomic mass is 10.2. The van der Waals surface area contributed by atoms with E-state index < -0.39 is 0 Å². The Morgan fingerprint density at radius 1 is 1.24 bits per heavy atom.